The first-order valence-corrected chi connectivity index (χ1v) is 7.71. The van der Waals surface area contributed by atoms with Crippen LogP contribution < -0.4 is 11.1 Å². The van der Waals surface area contributed by atoms with Crippen LogP contribution in [0, 0.1) is 6.92 Å². The Labute approximate surface area is 120 Å². The van der Waals surface area contributed by atoms with E-state index in [-0.39, 0.29) is 5.91 Å². The molecular weight excluding hydrogens is 256 g/mol. The van der Waals surface area contributed by atoms with Crippen LogP contribution in [-0.2, 0) is 4.79 Å². The monoisotopic (exact) mass is 280 g/mol. The van der Waals surface area contributed by atoms with Gasteiger partial charge in [-0.05, 0) is 51.1 Å². The number of primary amides is 1. The number of hydrogen-bond acceptors (Lipinski definition) is 3. The van der Waals surface area contributed by atoms with Crippen molar-refractivity contribution < 1.29 is 4.79 Å². The molecule has 1 amide bonds. The van der Waals surface area contributed by atoms with Crippen molar-refractivity contribution in [3.63, 3.8) is 0 Å². The molecule has 0 aliphatic rings. The molecule has 0 fully saturated rings. The molecule has 106 valence electrons. The van der Waals surface area contributed by atoms with Crippen LogP contribution in [0.4, 0.5) is 0 Å². The zero-order valence-corrected chi connectivity index (χ0v) is 12.8. The number of amides is 1. The summed E-state index contributed by atoms with van der Waals surface area (Å²) in [5.41, 5.74) is 6.16. The number of benzene rings is 1. The van der Waals surface area contributed by atoms with Crippen molar-refractivity contribution in [2.45, 2.75) is 44.0 Å². The second-order valence-corrected chi connectivity index (χ2v) is 6.16. The first-order chi connectivity index (χ1) is 8.98. The normalized spacial score (nSPS) is 14.1. The van der Waals surface area contributed by atoms with Crippen LogP contribution in [-0.4, -0.2) is 23.7 Å². The molecule has 3 nitrogen and oxygen atoms in total. The molecule has 0 saturated heterocycles. The first-order valence-electron chi connectivity index (χ1n) is 6.72. The molecule has 1 aromatic carbocycles. The molecule has 0 saturated carbocycles. The quantitative estimate of drug-likeness (QED) is 0.568. The standard InChI is InChI=1S/C15H24N2OS/c1-4-17-15(3,14(16)18)9-6-10-19-13-8-5-7-12(2)11-13/h5,7-8,11,17H,4,6,9-10H2,1-3H3,(H2,16,18). The lowest BCUT2D eigenvalue weighted by Gasteiger charge is -2.26. The number of hydrogen-bond donors (Lipinski definition) is 2. The van der Waals surface area contributed by atoms with E-state index in [2.05, 4.69) is 36.5 Å². The summed E-state index contributed by atoms with van der Waals surface area (Å²) in [7, 11) is 0. The van der Waals surface area contributed by atoms with Crippen LogP contribution in [0.3, 0.4) is 0 Å². The molecule has 3 N–H and O–H groups in total. The lowest BCUT2D eigenvalue weighted by Crippen LogP contribution is -2.53. The number of nitrogens with two attached hydrogens (primary N) is 1. The summed E-state index contributed by atoms with van der Waals surface area (Å²) in [6.45, 7) is 6.72. The van der Waals surface area contributed by atoms with E-state index in [9.17, 15) is 4.79 Å². The Kier molecular flexibility index (Phi) is 6.38. The van der Waals surface area contributed by atoms with Gasteiger partial charge in [0.05, 0.1) is 5.54 Å². The lowest BCUT2D eigenvalue weighted by molar-refractivity contribution is -0.124. The second-order valence-electron chi connectivity index (χ2n) is 5.00. The molecule has 0 aliphatic carbocycles. The van der Waals surface area contributed by atoms with Crippen molar-refractivity contribution in [2.24, 2.45) is 5.73 Å². The van der Waals surface area contributed by atoms with Crippen LogP contribution in [0.2, 0.25) is 0 Å². The molecule has 0 aliphatic heterocycles. The molecule has 1 atom stereocenters. The topological polar surface area (TPSA) is 55.1 Å². The van der Waals surface area contributed by atoms with Gasteiger partial charge in [0.1, 0.15) is 0 Å². The van der Waals surface area contributed by atoms with Crippen molar-refractivity contribution in [3.05, 3.63) is 29.8 Å². The van der Waals surface area contributed by atoms with Gasteiger partial charge in [-0.15, -0.1) is 11.8 Å². The zero-order chi connectivity index (χ0) is 14.3. The summed E-state index contributed by atoms with van der Waals surface area (Å²) in [6.07, 6.45) is 1.74. The minimum Gasteiger partial charge on any atom is -0.368 e. The van der Waals surface area contributed by atoms with Gasteiger partial charge in [-0.2, -0.15) is 0 Å². The van der Waals surface area contributed by atoms with Gasteiger partial charge in [0.25, 0.3) is 0 Å². The molecular formula is C15H24N2OS. The smallest absolute Gasteiger partial charge is 0.237 e. The summed E-state index contributed by atoms with van der Waals surface area (Å²) in [6, 6.07) is 8.47. The predicted octanol–water partition coefficient (Wildman–Crippen LogP) is 2.72. The van der Waals surface area contributed by atoms with Crippen molar-refractivity contribution in [1.29, 1.82) is 0 Å². The van der Waals surface area contributed by atoms with Gasteiger partial charge in [-0.1, -0.05) is 24.6 Å². The Morgan fingerprint density at radius 2 is 2.21 bits per heavy atom. The Bertz CT molecular complexity index is 422. The van der Waals surface area contributed by atoms with Gasteiger partial charge in [-0.25, -0.2) is 0 Å². The molecule has 0 radical (unpaired) electrons. The van der Waals surface area contributed by atoms with E-state index in [1.807, 2.05) is 25.6 Å². The molecule has 1 aromatic rings. The van der Waals surface area contributed by atoms with Gasteiger partial charge in [0.15, 0.2) is 0 Å². The molecule has 19 heavy (non-hydrogen) atoms. The van der Waals surface area contributed by atoms with Crippen LogP contribution in [0.1, 0.15) is 32.3 Å². The van der Waals surface area contributed by atoms with Gasteiger partial charge in [0.2, 0.25) is 5.91 Å². The minimum absolute atomic E-state index is 0.269. The average Bonchev–Trinajstić information content (AvgIpc) is 2.35. The number of rotatable bonds is 8. The maximum Gasteiger partial charge on any atom is 0.237 e. The predicted molar refractivity (Wildman–Crippen MR) is 82.4 cm³/mol. The van der Waals surface area contributed by atoms with E-state index in [0.29, 0.717) is 0 Å². The summed E-state index contributed by atoms with van der Waals surface area (Å²) in [4.78, 5) is 12.8. The number of carbonyl (C=O) groups is 1. The SMILES string of the molecule is CCNC(C)(CCCSc1cccc(C)c1)C(N)=O. The summed E-state index contributed by atoms with van der Waals surface area (Å²) in [5.74, 6) is 0.729. The molecule has 4 heteroatoms. The molecule has 0 bridgehead atoms. The molecule has 0 heterocycles. The lowest BCUT2D eigenvalue weighted by atomic mass is 9.95. The Balaban J connectivity index is 2.39. The third-order valence-corrected chi connectivity index (χ3v) is 4.27. The number of aryl methyl sites for hydroxylation is 1. The molecule has 1 unspecified atom stereocenters. The highest BCUT2D eigenvalue weighted by Gasteiger charge is 2.28. The number of carbonyl (C=O) groups excluding carboxylic acids is 1. The molecule has 1 rings (SSSR count). The first kappa shape index (κ1) is 16.1. The summed E-state index contributed by atoms with van der Waals surface area (Å²) < 4.78 is 0. The summed E-state index contributed by atoms with van der Waals surface area (Å²) in [5, 5.41) is 3.18. The number of nitrogens with one attached hydrogen (secondary N) is 1. The van der Waals surface area contributed by atoms with E-state index >= 15 is 0 Å². The fourth-order valence-corrected chi connectivity index (χ4v) is 2.98. The Morgan fingerprint density at radius 3 is 2.79 bits per heavy atom. The third-order valence-electron chi connectivity index (χ3n) is 3.19. The highest BCUT2D eigenvalue weighted by atomic mass is 32.2. The largest absolute Gasteiger partial charge is 0.368 e. The van der Waals surface area contributed by atoms with Crippen molar-refractivity contribution in [2.75, 3.05) is 12.3 Å². The minimum atomic E-state index is -0.581. The van der Waals surface area contributed by atoms with Crippen molar-refractivity contribution in [1.82, 2.24) is 5.32 Å². The summed E-state index contributed by atoms with van der Waals surface area (Å²) >= 11 is 1.83. The fraction of sp³-hybridized carbons (Fsp3) is 0.533. The number of thioether (sulfide) groups is 1. The highest BCUT2D eigenvalue weighted by Crippen LogP contribution is 2.22. The van der Waals surface area contributed by atoms with Crippen LogP contribution in [0.5, 0.6) is 0 Å². The van der Waals surface area contributed by atoms with Crippen LogP contribution >= 0.6 is 11.8 Å². The van der Waals surface area contributed by atoms with Gasteiger partial charge < -0.3 is 11.1 Å². The Morgan fingerprint density at radius 1 is 1.47 bits per heavy atom. The second kappa shape index (κ2) is 7.56. The molecule has 0 aromatic heterocycles. The highest BCUT2D eigenvalue weighted by molar-refractivity contribution is 7.99. The van der Waals surface area contributed by atoms with Gasteiger partial charge in [-0.3, -0.25) is 4.79 Å². The maximum absolute atomic E-state index is 11.5. The van der Waals surface area contributed by atoms with E-state index in [0.717, 1.165) is 25.1 Å². The average molecular weight is 280 g/mol. The molecule has 0 spiro atoms. The van der Waals surface area contributed by atoms with E-state index < -0.39 is 5.54 Å². The van der Waals surface area contributed by atoms with Gasteiger partial charge in [0, 0.05) is 4.90 Å². The fourth-order valence-electron chi connectivity index (χ4n) is 2.01. The maximum atomic E-state index is 11.5. The van der Waals surface area contributed by atoms with Gasteiger partial charge >= 0.3 is 0 Å². The van der Waals surface area contributed by atoms with Crippen molar-refractivity contribution >= 4 is 17.7 Å². The van der Waals surface area contributed by atoms with E-state index in [4.69, 9.17) is 5.73 Å². The van der Waals surface area contributed by atoms with E-state index in [1.165, 1.54) is 10.5 Å². The van der Waals surface area contributed by atoms with Crippen LogP contribution in [0.25, 0.3) is 0 Å². The van der Waals surface area contributed by atoms with E-state index in [1.54, 1.807) is 0 Å². The third kappa shape index (κ3) is 5.25. The van der Waals surface area contributed by atoms with Crippen molar-refractivity contribution in [3.8, 4) is 0 Å². The Hall–Kier alpha value is -1.00. The zero-order valence-electron chi connectivity index (χ0n) is 12.0. The van der Waals surface area contributed by atoms with Crippen LogP contribution in [0.15, 0.2) is 29.2 Å². The number of likely N-dealkylation sites (N-methyl/N-ethyl adjacent to an activating group) is 1.